The Labute approximate surface area is 105 Å². The van der Waals surface area contributed by atoms with Gasteiger partial charge >= 0.3 is 0 Å². The van der Waals surface area contributed by atoms with Crippen LogP contribution in [0, 0.1) is 11.8 Å². The molecule has 4 atom stereocenters. The maximum absolute atomic E-state index is 9.99. The van der Waals surface area contributed by atoms with Crippen molar-refractivity contribution in [2.75, 3.05) is 19.6 Å². The molecule has 1 aliphatic carbocycles. The Morgan fingerprint density at radius 1 is 1.41 bits per heavy atom. The largest absolute Gasteiger partial charge is 0.389 e. The van der Waals surface area contributed by atoms with E-state index in [1.54, 1.807) is 0 Å². The molecule has 0 bridgehead atoms. The first-order chi connectivity index (χ1) is 8.00. The lowest BCUT2D eigenvalue weighted by atomic mass is 9.77. The summed E-state index contributed by atoms with van der Waals surface area (Å²) in [5.74, 6) is 1.52. The van der Waals surface area contributed by atoms with Crippen molar-refractivity contribution in [3.05, 3.63) is 0 Å². The summed E-state index contributed by atoms with van der Waals surface area (Å²) < 4.78 is 0. The molecule has 0 spiro atoms. The Hall–Kier alpha value is -0.120. The zero-order valence-corrected chi connectivity index (χ0v) is 11.4. The van der Waals surface area contributed by atoms with Gasteiger partial charge < -0.3 is 15.7 Å². The fourth-order valence-corrected chi connectivity index (χ4v) is 3.49. The minimum absolute atomic E-state index is 0.378. The zero-order valence-electron chi connectivity index (χ0n) is 11.4. The van der Waals surface area contributed by atoms with Crippen molar-refractivity contribution in [3.63, 3.8) is 0 Å². The number of likely N-dealkylation sites (tertiary alicyclic amines) is 1. The van der Waals surface area contributed by atoms with Crippen molar-refractivity contribution >= 4 is 0 Å². The number of nitrogens with two attached hydrogens (primary N) is 1. The van der Waals surface area contributed by atoms with Crippen molar-refractivity contribution < 1.29 is 5.11 Å². The maximum atomic E-state index is 9.99. The van der Waals surface area contributed by atoms with Gasteiger partial charge in [0, 0.05) is 25.7 Å². The van der Waals surface area contributed by atoms with Crippen LogP contribution < -0.4 is 5.73 Å². The second kappa shape index (κ2) is 5.25. The van der Waals surface area contributed by atoms with Crippen LogP contribution >= 0.6 is 0 Å². The van der Waals surface area contributed by atoms with E-state index in [-0.39, 0.29) is 0 Å². The fraction of sp³-hybridized carbons (Fsp3) is 1.00. The molecule has 100 valence electrons. The van der Waals surface area contributed by atoms with Crippen molar-refractivity contribution in [3.8, 4) is 0 Å². The van der Waals surface area contributed by atoms with Crippen LogP contribution in [0.1, 0.15) is 46.0 Å². The first-order valence-electron chi connectivity index (χ1n) is 7.20. The molecule has 1 saturated heterocycles. The van der Waals surface area contributed by atoms with Crippen LogP contribution in [0.5, 0.6) is 0 Å². The monoisotopic (exact) mass is 240 g/mol. The topological polar surface area (TPSA) is 49.5 Å². The molecule has 0 aromatic heterocycles. The van der Waals surface area contributed by atoms with Crippen LogP contribution in [0.25, 0.3) is 0 Å². The molecule has 3 nitrogen and oxygen atoms in total. The summed E-state index contributed by atoms with van der Waals surface area (Å²) in [7, 11) is 0. The molecule has 0 aromatic rings. The SMILES string of the molecule is CCC1CCC(N)C(CN2CCC(C)(O)C2)C1. The number of aliphatic hydroxyl groups is 1. The standard InChI is InChI=1S/C14H28N2O/c1-3-11-4-5-13(15)12(8-11)9-16-7-6-14(2,17)10-16/h11-13,17H,3-10,15H2,1-2H3. The molecule has 0 radical (unpaired) electrons. The van der Waals surface area contributed by atoms with E-state index in [0.29, 0.717) is 12.0 Å². The number of nitrogens with zero attached hydrogens (tertiary/aromatic N) is 1. The Morgan fingerprint density at radius 2 is 2.18 bits per heavy atom. The first-order valence-corrected chi connectivity index (χ1v) is 7.20. The second-order valence-electron chi connectivity index (χ2n) is 6.49. The molecule has 3 N–H and O–H groups in total. The molecular weight excluding hydrogens is 212 g/mol. The third kappa shape index (κ3) is 3.43. The van der Waals surface area contributed by atoms with E-state index in [4.69, 9.17) is 5.73 Å². The Balaban J connectivity index is 1.85. The van der Waals surface area contributed by atoms with Gasteiger partial charge in [-0.05, 0) is 44.4 Å². The van der Waals surface area contributed by atoms with Crippen molar-refractivity contribution in [1.29, 1.82) is 0 Å². The molecule has 2 rings (SSSR count). The minimum Gasteiger partial charge on any atom is -0.389 e. The minimum atomic E-state index is -0.469. The average Bonchev–Trinajstić information content (AvgIpc) is 2.61. The molecular formula is C14H28N2O. The van der Waals surface area contributed by atoms with Crippen LogP contribution in [-0.4, -0.2) is 41.3 Å². The van der Waals surface area contributed by atoms with Crippen molar-refractivity contribution in [1.82, 2.24) is 4.90 Å². The summed E-state index contributed by atoms with van der Waals surface area (Å²) in [5, 5.41) is 9.99. The lowest BCUT2D eigenvalue weighted by Crippen LogP contribution is -2.43. The highest BCUT2D eigenvalue weighted by atomic mass is 16.3. The van der Waals surface area contributed by atoms with Crippen molar-refractivity contribution in [2.45, 2.75) is 57.6 Å². The van der Waals surface area contributed by atoms with Gasteiger partial charge in [0.15, 0.2) is 0 Å². The van der Waals surface area contributed by atoms with Gasteiger partial charge in [-0.25, -0.2) is 0 Å². The van der Waals surface area contributed by atoms with Gasteiger partial charge in [-0.2, -0.15) is 0 Å². The molecule has 1 heterocycles. The van der Waals surface area contributed by atoms with E-state index in [0.717, 1.165) is 32.0 Å². The molecule has 0 aromatic carbocycles. The number of rotatable bonds is 3. The highest BCUT2D eigenvalue weighted by Crippen LogP contribution is 2.32. The van der Waals surface area contributed by atoms with Crippen LogP contribution in [0.3, 0.4) is 0 Å². The molecule has 4 unspecified atom stereocenters. The number of hydrogen-bond donors (Lipinski definition) is 2. The van der Waals surface area contributed by atoms with E-state index in [2.05, 4.69) is 11.8 Å². The van der Waals surface area contributed by atoms with Gasteiger partial charge in [-0.3, -0.25) is 0 Å². The molecule has 2 fully saturated rings. The summed E-state index contributed by atoms with van der Waals surface area (Å²) in [6.07, 6.45) is 5.99. The molecule has 0 amide bonds. The summed E-state index contributed by atoms with van der Waals surface area (Å²) in [6.45, 7) is 7.19. The van der Waals surface area contributed by atoms with Crippen LogP contribution in [0.2, 0.25) is 0 Å². The van der Waals surface area contributed by atoms with Gasteiger partial charge in [-0.1, -0.05) is 13.3 Å². The van der Waals surface area contributed by atoms with Crippen LogP contribution in [0.4, 0.5) is 0 Å². The van der Waals surface area contributed by atoms with Gasteiger partial charge in [0.25, 0.3) is 0 Å². The normalized spacial score (nSPS) is 44.1. The number of hydrogen-bond acceptors (Lipinski definition) is 3. The Bertz CT molecular complexity index is 255. The molecule has 3 heteroatoms. The fourth-order valence-electron chi connectivity index (χ4n) is 3.49. The van der Waals surface area contributed by atoms with E-state index >= 15 is 0 Å². The Morgan fingerprint density at radius 3 is 2.76 bits per heavy atom. The molecule has 1 saturated carbocycles. The van der Waals surface area contributed by atoms with Gasteiger partial charge in [0.1, 0.15) is 0 Å². The molecule has 17 heavy (non-hydrogen) atoms. The second-order valence-corrected chi connectivity index (χ2v) is 6.49. The maximum Gasteiger partial charge on any atom is 0.0758 e. The lowest BCUT2D eigenvalue weighted by Gasteiger charge is -2.36. The third-order valence-corrected chi connectivity index (χ3v) is 4.75. The van der Waals surface area contributed by atoms with Gasteiger partial charge in [0.05, 0.1) is 5.60 Å². The van der Waals surface area contributed by atoms with Crippen LogP contribution in [-0.2, 0) is 0 Å². The highest BCUT2D eigenvalue weighted by Gasteiger charge is 2.35. The van der Waals surface area contributed by atoms with E-state index in [1.807, 2.05) is 6.92 Å². The van der Waals surface area contributed by atoms with Crippen molar-refractivity contribution in [2.24, 2.45) is 17.6 Å². The van der Waals surface area contributed by atoms with Gasteiger partial charge in [0.2, 0.25) is 0 Å². The average molecular weight is 240 g/mol. The summed E-state index contributed by atoms with van der Waals surface area (Å²) in [4.78, 5) is 2.41. The van der Waals surface area contributed by atoms with E-state index in [9.17, 15) is 5.11 Å². The first kappa shape index (κ1) is 13.3. The molecule has 2 aliphatic rings. The van der Waals surface area contributed by atoms with E-state index < -0.39 is 5.60 Å². The van der Waals surface area contributed by atoms with Crippen LogP contribution in [0.15, 0.2) is 0 Å². The van der Waals surface area contributed by atoms with E-state index in [1.165, 1.54) is 25.7 Å². The van der Waals surface area contributed by atoms with Gasteiger partial charge in [-0.15, -0.1) is 0 Å². The number of β-amino-alcohol motifs (C(OH)–C–C–N with tert-alkyl or cyclic N) is 1. The third-order valence-electron chi connectivity index (χ3n) is 4.75. The smallest absolute Gasteiger partial charge is 0.0758 e. The zero-order chi connectivity index (χ0) is 12.5. The quantitative estimate of drug-likeness (QED) is 0.788. The predicted octanol–water partition coefficient (Wildman–Crippen LogP) is 1.60. The molecule has 1 aliphatic heterocycles. The summed E-state index contributed by atoms with van der Waals surface area (Å²) >= 11 is 0. The summed E-state index contributed by atoms with van der Waals surface area (Å²) in [6, 6.07) is 0.378. The predicted molar refractivity (Wildman–Crippen MR) is 70.8 cm³/mol. The summed E-state index contributed by atoms with van der Waals surface area (Å²) in [5.41, 5.74) is 5.78. The Kier molecular flexibility index (Phi) is 4.11. The highest BCUT2D eigenvalue weighted by molar-refractivity contribution is 4.90. The lowest BCUT2D eigenvalue weighted by molar-refractivity contribution is 0.0633.